The number of amides is 1. The van der Waals surface area contributed by atoms with Gasteiger partial charge in [-0.15, -0.1) is 0 Å². The van der Waals surface area contributed by atoms with Crippen molar-refractivity contribution in [2.75, 3.05) is 13.2 Å². The molecule has 0 aliphatic carbocycles. The number of hydrogen-bond donors (Lipinski definition) is 2. The third-order valence-electron chi connectivity index (χ3n) is 3.34. The van der Waals surface area contributed by atoms with E-state index in [9.17, 15) is 14.9 Å². The van der Waals surface area contributed by atoms with Crippen molar-refractivity contribution in [3.05, 3.63) is 39.4 Å². The van der Waals surface area contributed by atoms with Crippen LogP contribution in [0.2, 0.25) is 0 Å². The molecule has 110 valence electrons. The number of non-ortho nitro benzene ring substituents is 1. The van der Waals surface area contributed by atoms with Crippen molar-refractivity contribution in [2.24, 2.45) is 5.92 Å². The van der Waals surface area contributed by atoms with Gasteiger partial charge >= 0.3 is 0 Å². The summed E-state index contributed by atoms with van der Waals surface area (Å²) in [5, 5.41) is 22.4. The van der Waals surface area contributed by atoms with Crippen LogP contribution < -0.4 is 5.32 Å². The van der Waals surface area contributed by atoms with E-state index in [4.69, 9.17) is 5.11 Å². The van der Waals surface area contributed by atoms with Crippen molar-refractivity contribution in [2.45, 2.75) is 26.7 Å². The highest BCUT2D eigenvalue weighted by atomic mass is 16.6. The Bertz CT molecular complexity index is 488. The Morgan fingerprint density at radius 2 is 2.20 bits per heavy atom. The molecule has 2 N–H and O–H groups in total. The van der Waals surface area contributed by atoms with Gasteiger partial charge in [0, 0.05) is 30.8 Å². The molecule has 0 aliphatic rings. The number of benzene rings is 1. The Morgan fingerprint density at radius 3 is 2.75 bits per heavy atom. The second kappa shape index (κ2) is 7.59. The molecule has 0 bridgehead atoms. The van der Waals surface area contributed by atoms with E-state index in [0.29, 0.717) is 24.1 Å². The molecular weight excluding hydrogens is 260 g/mol. The molecule has 0 aromatic heterocycles. The lowest BCUT2D eigenvalue weighted by molar-refractivity contribution is -0.384. The molecule has 6 heteroatoms. The van der Waals surface area contributed by atoms with Crippen LogP contribution in [0.25, 0.3) is 0 Å². The largest absolute Gasteiger partial charge is 0.396 e. The third kappa shape index (κ3) is 4.31. The van der Waals surface area contributed by atoms with E-state index >= 15 is 0 Å². The predicted octanol–water partition coefficient (Wildman–Crippen LogP) is 2.04. The fraction of sp³-hybridized carbons (Fsp3) is 0.500. The average molecular weight is 280 g/mol. The smallest absolute Gasteiger partial charge is 0.270 e. The number of aryl methyl sites for hydroxylation is 1. The summed E-state index contributed by atoms with van der Waals surface area (Å²) in [6.07, 6.45) is 1.49. The monoisotopic (exact) mass is 280 g/mol. The van der Waals surface area contributed by atoms with Crippen molar-refractivity contribution in [1.82, 2.24) is 5.32 Å². The van der Waals surface area contributed by atoms with Crippen molar-refractivity contribution in [3.8, 4) is 0 Å². The molecule has 6 nitrogen and oxygen atoms in total. The molecule has 0 saturated heterocycles. The van der Waals surface area contributed by atoms with Gasteiger partial charge in [-0.3, -0.25) is 14.9 Å². The zero-order valence-corrected chi connectivity index (χ0v) is 11.8. The Balaban J connectivity index is 2.76. The molecule has 20 heavy (non-hydrogen) atoms. The second-order valence-electron chi connectivity index (χ2n) is 4.75. The number of nitrogens with one attached hydrogen (secondary N) is 1. The van der Waals surface area contributed by atoms with Gasteiger partial charge in [-0.05, 0) is 24.8 Å². The minimum absolute atomic E-state index is 0.0875. The predicted molar refractivity (Wildman–Crippen MR) is 75.7 cm³/mol. The first-order valence-electron chi connectivity index (χ1n) is 6.63. The molecule has 0 saturated carbocycles. The summed E-state index contributed by atoms with van der Waals surface area (Å²) in [5.74, 6) is -0.106. The minimum Gasteiger partial charge on any atom is -0.396 e. The summed E-state index contributed by atoms with van der Waals surface area (Å²) in [6, 6.07) is 4.24. The quantitative estimate of drug-likeness (QED) is 0.590. The van der Waals surface area contributed by atoms with Gasteiger partial charge < -0.3 is 10.4 Å². The highest BCUT2D eigenvalue weighted by Crippen LogP contribution is 2.17. The average Bonchev–Trinajstić information content (AvgIpc) is 2.43. The Hall–Kier alpha value is -1.95. The van der Waals surface area contributed by atoms with Crippen molar-refractivity contribution < 1.29 is 14.8 Å². The molecule has 1 rings (SSSR count). The summed E-state index contributed by atoms with van der Waals surface area (Å²) < 4.78 is 0. The van der Waals surface area contributed by atoms with Crippen LogP contribution in [0.3, 0.4) is 0 Å². The summed E-state index contributed by atoms with van der Waals surface area (Å²) in [6.45, 7) is 4.27. The maximum atomic E-state index is 12.1. The lowest BCUT2D eigenvalue weighted by Gasteiger charge is -2.14. The number of nitro groups is 1. The fourth-order valence-corrected chi connectivity index (χ4v) is 1.93. The molecule has 0 fully saturated rings. The molecular formula is C14H20N2O4. The molecule has 0 radical (unpaired) electrons. The molecule has 0 spiro atoms. The number of aliphatic hydroxyl groups excluding tert-OH is 1. The van der Waals surface area contributed by atoms with E-state index in [1.807, 2.05) is 6.92 Å². The van der Waals surface area contributed by atoms with Crippen molar-refractivity contribution >= 4 is 11.6 Å². The molecule has 1 unspecified atom stereocenters. The number of rotatable bonds is 7. The topological polar surface area (TPSA) is 92.5 Å². The number of carbonyl (C=O) groups is 1. The van der Waals surface area contributed by atoms with Gasteiger partial charge in [0.15, 0.2) is 0 Å². The maximum absolute atomic E-state index is 12.1. The molecule has 1 amide bonds. The lowest BCUT2D eigenvalue weighted by Crippen LogP contribution is -2.30. The van der Waals surface area contributed by atoms with Gasteiger partial charge in [-0.25, -0.2) is 0 Å². The van der Waals surface area contributed by atoms with Gasteiger partial charge in [-0.1, -0.05) is 19.4 Å². The van der Waals surface area contributed by atoms with E-state index in [0.717, 1.165) is 6.42 Å². The number of carbonyl (C=O) groups excluding carboxylic acids is 1. The summed E-state index contributed by atoms with van der Waals surface area (Å²) in [5.41, 5.74) is 0.921. The lowest BCUT2D eigenvalue weighted by atomic mass is 10.0. The van der Waals surface area contributed by atoms with E-state index in [1.54, 1.807) is 13.0 Å². The first-order valence-corrected chi connectivity index (χ1v) is 6.63. The normalized spacial score (nSPS) is 11.9. The Kier molecular flexibility index (Phi) is 6.11. The Morgan fingerprint density at radius 1 is 1.50 bits per heavy atom. The van der Waals surface area contributed by atoms with Crippen LogP contribution in [0.5, 0.6) is 0 Å². The van der Waals surface area contributed by atoms with E-state index in [1.165, 1.54) is 12.1 Å². The fourth-order valence-electron chi connectivity index (χ4n) is 1.93. The second-order valence-corrected chi connectivity index (χ2v) is 4.75. The zero-order valence-electron chi connectivity index (χ0n) is 11.8. The van der Waals surface area contributed by atoms with Gasteiger partial charge in [0.05, 0.1) is 4.92 Å². The summed E-state index contributed by atoms with van der Waals surface area (Å²) in [7, 11) is 0. The van der Waals surface area contributed by atoms with Crippen LogP contribution >= 0.6 is 0 Å². The van der Waals surface area contributed by atoms with Crippen molar-refractivity contribution in [3.63, 3.8) is 0 Å². The standard InChI is InChI=1S/C14H20N2O4/c1-3-11(6-7-17)9-15-14(18)13-8-12(16(19)20)5-4-10(13)2/h4-5,8,11,17H,3,6-7,9H2,1-2H3,(H,15,18). The SMILES string of the molecule is CCC(CCO)CNC(=O)c1cc([N+](=O)[O-])ccc1C. The van der Waals surface area contributed by atoms with E-state index in [-0.39, 0.29) is 24.1 Å². The van der Waals surface area contributed by atoms with Crippen LogP contribution in [0.1, 0.15) is 35.7 Å². The molecule has 1 atom stereocenters. The number of nitro benzene ring substituents is 1. The first-order chi connectivity index (χ1) is 9.49. The molecule has 0 heterocycles. The number of aliphatic hydroxyl groups is 1. The van der Waals surface area contributed by atoms with E-state index < -0.39 is 4.92 Å². The number of nitrogens with zero attached hydrogens (tertiary/aromatic N) is 1. The zero-order chi connectivity index (χ0) is 15.1. The van der Waals surface area contributed by atoms with Crippen molar-refractivity contribution in [1.29, 1.82) is 0 Å². The maximum Gasteiger partial charge on any atom is 0.270 e. The van der Waals surface area contributed by atoms with Crippen LogP contribution in [0.4, 0.5) is 5.69 Å². The Labute approximate surface area is 118 Å². The molecule has 1 aromatic rings. The van der Waals surface area contributed by atoms with Crippen LogP contribution in [-0.4, -0.2) is 29.1 Å². The molecule has 1 aromatic carbocycles. The van der Waals surface area contributed by atoms with Gasteiger partial charge in [-0.2, -0.15) is 0 Å². The molecule has 0 aliphatic heterocycles. The van der Waals surface area contributed by atoms with Crippen LogP contribution in [0, 0.1) is 23.0 Å². The van der Waals surface area contributed by atoms with Gasteiger partial charge in [0.25, 0.3) is 11.6 Å². The summed E-state index contributed by atoms with van der Waals surface area (Å²) >= 11 is 0. The first kappa shape index (κ1) is 16.1. The van der Waals surface area contributed by atoms with Gasteiger partial charge in [0.2, 0.25) is 0 Å². The summed E-state index contributed by atoms with van der Waals surface area (Å²) in [4.78, 5) is 22.3. The third-order valence-corrected chi connectivity index (χ3v) is 3.34. The highest BCUT2D eigenvalue weighted by molar-refractivity contribution is 5.96. The van der Waals surface area contributed by atoms with E-state index in [2.05, 4.69) is 5.32 Å². The van der Waals surface area contributed by atoms with Crippen LogP contribution in [-0.2, 0) is 0 Å². The highest BCUT2D eigenvalue weighted by Gasteiger charge is 2.15. The van der Waals surface area contributed by atoms with Gasteiger partial charge in [0.1, 0.15) is 0 Å². The number of hydrogen-bond acceptors (Lipinski definition) is 4. The van der Waals surface area contributed by atoms with Crippen LogP contribution in [0.15, 0.2) is 18.2 Å². The minimum atomic E-state index is -0.517.